The van der Waals surface area contributed by atoms with Crippen molar-refractivity contribution in [3.63, 3.8) is 0 Å². The number of benzene rings is 2. The molecule has 1 N–H and O–H groups in total. The Hall–Kier alpha value is -2.86. The van der Waals surface area contributed by atoms with E-state index in [4.69, 9.17) is 4.74 Å². The molecular weight excluding hydrogens is 416 g/mol. The van der Waals surface area contributed by atoms with Gasteiger partial charge in [0, 0.05) is 32.1 Å². The van der Waals surface area contributed by atoms with Crippen LogP contribution in [-0.2, 0) is 22.4 Å². The van der Waals surface area contributed by atoms with Gasteiger partial charge in [-0.25, -0.2) is 0 Å². The van der Waals surface area contributed by atoms with Gasteiger partial charge in [-0.1, -0.05) is 37.3 Å². The Morgan fingerprint density at radius 1 is 1.15 bits per heavy atom. The summed E-state index contributed by atoms with van der Waals surface area (Å²) >= 11 is 0. The number of carbonyl (C=O) groups is 2. The first-order valence-corrected chi connectivity index (χ1v) is 11.9. The number of amides is 1. The van der Waals surface area contributed by atoms with E-state index in [9.17, 15) is 14.7 Å². The lowest BCUT2D eigenvalue weighted by atomic mass is 9.80. The summed E-state index contributed by atoms with van der Waals surface area (Å²) in [4.78, 5) is 29.5. The highest BCUT2D eigenvalue weighted by Gasteiger charge is 2.48. The van der Waals surface area contributed by atoms with Gasteiger partial charge in [0.15, 0.2) is 0 Å². The molecule has 0 spiro atoms. The van der Waals surface area contributed by atoms with Crippen molar-refractivity contribution in [2.24, 2.45) is 5.92 Å². The highest BCUT2D eigenvalue weighted by Crippen LogP contribution is 2.47. The molecule has 1 heterocycles. The second-order valence-corrected chi connectivity index (χ2v) is 9.27. The predicted molar refractivity (Wildman–Crippen MR) is 128 cm³/mol. The van der Waals surface area contributed by atoms with Crippen LogP contribution in [0.15, 0.2) is 42.5 Å². The van der Waals surface area contributed by atoms with Gasteiger partial charge >= 0.3 is 5.97 Å². The number of nitrogens with zero attached hydrogens (tertiary/aromatic N) is 2. The Bertz CT molecular complexity index is 1000. The number of ether oxygens (including phenoxy) is 1. The third-order valence-corrected chi connectivity index (χ3v) is 7.25. The van der Waals surface area contributed by atoms with Crippen LogP contribution in [0.1, 0.15) is 54.0 Å². The number of hydrogen-bond donors (Lipinski definition) is 1. The van der Waals surface area contributed by atoms with Gasteiger partial charge in [0.1, 0.15) is 5.75 Å². The SMILES string of the molecule is CCCN(C)C(=O)CN1CC(c2cccc3c2CCC3)C(C(=O)O)C1c1ccc(OC)cc1. The molecule has 0 aromatic heterocycles. The molecule has 0 bridgehead atoms. The maximum absolute atomic E-state index is 13.0. The maximum atomic E-state index is 13.0. The molecule has 176 valence electrons. The van der Waals surface area contributed by atoms with Crippen molar-refractivity contribution >= 4 is 11.9 Å². The monoisotopic (exact) mass is 450 g/mol. The van der Waals surface area contributed by atoms with Crippen LogP contribution in [0, 0.1) is 5.92 Å². The second kappa shape index (κ2) is 9.96. The van der Waals surface area contributed by atoms with Crippen LogP contribution in [0.4, 0.5) is 0 Å². The number of fused-ring (bicyclic) bond motifs is 1. The minimum atomic E-state index is -0.812. The Kier molecular flexibility index (Phi) is 7.03. The van der Waals surface area contributed by atoms with E-state index in [1.165, 1.54) is 11.1 Å². The molecule has 3 unspecified atom stereocenters. The fourth-order valence-electron chi connectivity index (χ4n) is 5.66. The summed E-state index contributed by atoms with van der Waals surface area (Å²) in [6.45, 7) is 3.50. The van der Waals surface area contributed by atoms with Gasteiger partial charge in [0.05, 0.1) is 19.6 Å². The van der Waals surface area contributed by atoms with Crippen LogP contribution >= 0.6 is 0 Å². The van der Waals surface area contributed by atoms with Crippen LogP contribution in [-0.4, -0.2) is 60.6 Å². The van der Waals surface area contributed by atoms with Gasteiger partial charge in [-0.2, -0.15) is 0 Å². The van der Waals surface area contributed by atoms with Gasteiger partial charge in [0.25, 0.3) is 0 Å². The first kappa shape index (κ1) is 23.3. The summed E-state index contributed by atoms with van der Waals surface area (Å²) in [5, 5.41) is 10.4. The highest BCUT2D eigenvalue weighted by atomic mass is 16.5. The van der Waals surface area contributed by atoms with Crippen LogP contribution < -0.4 is 4.74 Å². The van der Waals surface area contributed by atoms with Crippen LogP contribution in [0.3, 0.4) is 0 Å². The van der Waals surface area contributed by atoms with Crippen LogP contribution in [0.2, 0.25) is 0 Å². The second-order valence-electron chi connectivity index (χ2n) is 9.27. The zero-order valence-electron chi connectivity index (χ0n) is 19.8. The highest BCUT2D eigenvalue weighted by molar-refractivity contribution is 5.79. The molecule has 1 saturated heterocycles. The van der Waals surface area contributed by atoms with E-state index in [2.05, 4.69) is 23.1 Å². The molecule has 2 aromatic rings. The number of hydrogen-bond acceptors (Lipinski definition) is 4. The van der Waals surface area contributed by atoms with Gasteiger partial charge in [-0.3, -0.25) is 14.5 Å². The number of carboxylic acids is 1. The molecule has 33 heavy (non-hydrogen) atoms. The van der Waals surface area contributed by atoms with E-state index in [1.54, 1.807) is 12.0 Å². The largest absolute Gasteiger partial charge is 0.497 e. The Balaban J connectivity index is 1.74. The molecule has 0 radical (unpaired) electrons. The molecule has 1 aliphatic heterocycles. The zero-order chi connectivity index (χ0) is 23.5. The number of carbonyl (C=O) groups excluding carboxylic acids is 1. The number of methoxy groups -OCH3 is 1. The Labute approximate surface area is 196 Å². The summed E-state index contributed by atoms with van der Waals surface area (Å²) in [5.41, 5.74) is 4.71. The number of aryl methyl sites for hydroxylation is 1. The van der Waals surface area contributed by atoms with Gasteiger partial charge in [0.2, 0.25) is 5.91 Å². The molecule has 1 amide bonds. The van der Waals surface area contributed by atoms with Crippen molar-refractivity contribution in [2.45, 2.75) is 44.6 Å². The van der Waals surface area contributed by atoms with Crippen molar-refractivity contribution in [3.8, 4) is 5.75 Å². The number of rotatable bonds is 8. The van der Waals surface area contributed by atoms with Crippen LogP contribution in [0.25, 0.3) is 0 Å². The number of carboxylic acid groups (broad SMARTS) is 1. The molecular formula is C27H34N2O4. The van der Waals surface area contributed by atoms with E-state index < -0.39 is 11.9 Å². The van der Waals surface area contributed by atoms with Crippen molar-refractivity contribution < 1.29 is 19.4 Å². The minimum Gasteiger partial charge on any atom is -0.497 e. The van der Waals surface area contributed by atoms with Crippen LogP contribution in [0.5, 0.6) is 5.75 Å². The summed E-state index contributed by atoms with van der Waals surface area (Å²) in [6, 6.07) is 13.5. The quantitative estimate of drug-likeness (QED) is 0.661. The molecule has 2 aromatic carbocycles. The smallest absolute Gasteiger partial charge is 0.309 e. The molecule has 6 nitrogen and oxygen atoms in total. The third-order valence-electron chi connectivity index (χ3n) is 7.25. The molecule has 0 saturated carbocycles. The Morgan fingerprint density at radius 3 is 2.58 bits per heavy atom. The molecule has 2 aliphatic rings. The lowest BCUT2D eigenvalue weighted by Gasteiger charge is -2.28. The van der Waals surface area contributed by atoms with E-state index in [0.29, 0.717) is 13.1 Å². The van der Waals surface area contributed by atoms with E-state index >= 15 is 0 Å². The normalized spacial score (nSPS) is 22.2. The summed E-state index contributed by atoms with van der Waals surface area (Å²) in [7, 11) is 3.44. The molecule has 3 atom stereocenters. The number of aliphatic carboxylic acids is 1. The average molecular weight is 451 g/mol. The molecule has 1 aliphatic carbocycles. The van der Waals surface area contributed by atoms with Crippen molar-refractivity contribution in [2.75, 3.05) is 33.8 Å². The van der Waals surface area contributed by atoms with Crippen molar-refractivity contribution in [1.82, 2.24) is 9.80 Å². The van der Waals surface area contributed by atoms with Crippen molar-refractivity contribution in [1.29, 1.82) is 0 Å². The molecule has 6 heteroatoms. The first-order chi connectivity index (χ1) is 15.9. The van der Waals surface area contributed by atoms with E-state index in [0.717, 1.165) is 42.6 Å². The molecule has 4 rings (SSSR count). The van der Waals surface area contributed by atoms with Crippen molar-refractivity contribution in [3.05, 3.63) is 64.7 Å². The maximum Gasteiger partial charge on any atom is 0.309 e. The third kappa shape index (κ3) is 4.62. The lowest BCUT2D eigenvalue weighted by molar-refractivity contribution is -0.143. The van der Waals surface area contributed by atoms with Gasteiger partial charge < -0.3 is 14.7 Å². The topological polar surface area (TPSA) is 70.1 Å². The number of likely N-dealkylation sites (tertiary alicyclic amines) is 1. The van der Waals surface area contributed by atoms with E-state index in [1.807, 2.05) is 38.2 Å². The van der Waals surface area contributed by atoms with Gasteiger partial charge in [-0.05, 0) is 60.1 Å². The zero-order valence-corrected chi connectivity index (χ0v) is 19.8. The Morgan fingerprint density at radius 2 is 1.91 bits per heavy atom. The lowest BCUT2D eigenvalue weighted by Crippen LogP contribution is -2.39. The van der Waals surface area contributed by atoms with Gasteiger partial charge in [-0.15, -0.1) is 0 Å². The first-order valence-electron chi connectivity index (χ1n) is 11.9. The fourth-order valence-corrected chi connectivity index (χ4v) is 5.66. The molecule has 1 fully saturated rings. The van der Waals surface area contributed by atoms with E-state index in [-0.39, 0.29) is 24.4 Å². The average Bonchev–Trinajstić information content (AvgIpc) is 3.44. The summed E-state index contributed by atoms with van der Waals surface area (Å²) in [6.07, 6.45) is 4.06. The summed E-state index contributed by atoms with van der Waals surface area (Å²) in [5.74, 6) is -0.847. The summed E-state index contributed by atoms with van der Waals surface area (Å²) < 4.78 is 5.31. The minimum absolute atomic E-state index is 0.0263. The standard InChI is InChI=1S/C27H34N2O4/c1-4-15-28(2)24(30)17-29-16-23(22-10-6-8-18-7-5-9-21(18)22)25(27(31)32)26(29)19-11-13-20(33-3)14-12-19/h6,8,10-14,23,25-26H,4-5,7,9,15-17H2,1-3H3,(H,31,32). The number of likely N-dealkylation sites (N-methyl/N-ethyl adjacent to an activating group) is 1. The predicted octanol–water partition coefficient (Wildman–Crippen LogP) is 3.89. The fraction of sp³-hybridized carbons (Fsp3) is 0.481.